The van der Waals surface area contributed by atoms with E-state index in [0.717, 1.165) is 17.7 Å². The van der Waals surface area contributed by atoms with Gasteiger partial charge >= 0.3 is 0 Å². The third-order valence-electron chi connectivity index (χ3n) is 3.76. The van der Waals surface area contributed by atoms with Gasteiger partial charge in [-0.2, -0.15) is 0 Å². The van der Waals surface area contributed by atoms with E-state index in [-0.39, 0.29) is 5.78 Å². The van der Waals surface area contributed by atoms with Crippen LogP contribution in [0, 0.1) is 6.92 Å². The molecule has 0 saturated heterocycles. The first kappa shape index (κ1) is 12.1. The molecule has 1 aliphatic rings. The van der Waals surface area contributed by atoms with Crippen LogP contribution in [0.2, 0.25) is 0 Å². The first-order valence-corrected chi connectivity index (χ1v) is 6.79. The Hall–Kier alpha value is -1.96. The second kappa shape index (κ2) is 4.96. The number of hydrogen-bond donors (Lipinski definition) is 0. The lowest BCUT2D eigenvalue weighted by molar-refractivity contribution is 0.0992. The van der Waals surface area contributed by atoms with Crippen molar-refractivity contribution in [2.24, 2.45) is 0 Å². The minimum absolute atomic E-state index is 0.144. The van der Waals surface area contributed by atoms with Crippen LogP contribution < -0.4 is 0 Å². The molecule has 96 valence electrons. The van der Waals surface area contributed by atoms with Gasteiger partial charge in [-0.15, -0.1) is 0 Å². The number of rotatable bonds is 3. The molecule has 0 spiro atoms. The molecule has 0 bridgehead atoms. The van der Waals surface area contributed by atoms with E-state index < -0.39 is 0 Å². The molecule has 1 aliphatic carbocycles. The van der Waals surface area contributed by atoms with E-state index in [2.05, 4.69) is 23.2 Å². The summed E-state index contributed by atoms with van der Waals surface area (Å²) in [5, 5.41) is 0. The van der Waals surface area contributed by atoms with Crippen LogP contribution in [0.5, 0.6) is 0 Å². The molecule has 2 nitrogen and oxygen atoms in total. The van der Waals surface area contributed by atoms with Gasteiger partial charge in [-0.3, -0.25) is 9.78 Å². The van der Waals surface area contributed by atoms with Crippen molar-refractivity contribution < 1.29 is 4.79 Å². The number of benzene rings is 1. The highest BCUT2D eigenvalue weighted by molar-refractivity contribution is 5.97. The first-order chi connectivity index (χ1) is 9.22. The van der Waals surface area contributed by atoms with Gasteiger partial charge < -0.3 is 0 Å². The maximum atomic E-state index is 12.2. The molecule has 0 atom stereocenters. The molecule has 0 N–H and O–H groups in total. The molecule has 1 heterocycles. The molecular formula is C17H17NO. The van der Waals surface area contributed by atoms with E-state index in [1.807, 2.05) is 19.1 Å². The Kier molecular flexibility index (Phi) is 3.16. The van der Waals surface area contributed by atoms with Gasteiger partial charge in [0.1, 0.15) is 0 Å². The normalized spacial score (nSPS) is 13.3. The molecule has 2 heteroatoms. The number of carbonyl (C=O) groups is 1. The molecule has 1 aromatic carbocycles. The predicted octanol–water partition coefficient (Wildman–Crippen LogP) is 3.30. The lowest BCUT2D eigenvalue weighted by Crippen LogP contribution is -2.04. The molecule has 0 aliphatic heterocycles. The summed E-state index contributed by atoms with van der Waals surface area (Å²) in [5.41, 5.74) is 5.63. The van der Waals surface area contributed by atoms with E-state index in [0.29, 0.717) is 12.0 Å². The van der Waals surface area contributed by atoms with E-state index in [4.69, 9.17) is 0 Å². The van der Waals surface area contributed by atoms with Crippen LogP contribution in [0.4, 0.5) is 0 Å². The van der Waals surface area contributed by atoms with Crippen LogP contribution >= 0.6 is 0 Å². The highest BCUT2D eigenvalue weighted by atomic mass is 16.1. The summed E-state index contributed by atoms with van der Waals surface area (Å²) < 4.78 is 0. The van der Waals surface area contributed by atoms with Crippen molar-refractivity contribution in [1.29, 1.82) is 0 Å². The number of fused-ring (bicyclic) bond motifs is 1. The van der Waals surface area contributed by atoms with Crippen molar-refractivity contribution in [3.63, 3.8) is 0 Å². The lowest BCUT2D eigenvalue weighted by Gasteiger charge is -2.05. The van der Waals surface area contributed by atoms with E-state index in [1.165, 1.54) is 24.0 Å². The van der Waals surface area contributed by atoms with Crippen molar-refractivity contribution in [1.82, 2.24) is 4.98 Å². The molecular weight excluding hydrogens is 234 g/mol. The predicted molar refractivity (Wildman–Crippen MR) is 75.5 cm³/mol. The number of carbonyl (C=O) groups excluding carboxylic acids is 1. The second-order valence-electron chi connectivity index (χ2n) is 5.24. The molecule has 3 rings (SSSR count). The van der Waals surface area contributed by atoms with Gasteiger partial charge in [0, 0.05) is 23.9 Å². The summed E-state index contributed by atoms with van der Waals surface area (Å²) in [5.74, 6) is 0.144. The molecule has 0 saturated carbocycles. The van der Waals surface area contributed by atoms with Crippen LogP contribution in [0.3, 0.4) is 0 Å². The topological polar surface area (TPSA) is 30.0 Å². The SMILES string of the molecule is Cc1ccc(C(=O)Cc2ccc3c(c2)CCC3)cn1. The summed E-state index contributed by atoms with van der Waals surface area (Å²) in [7, 11) is 0. The number of hydrogen-bond acceptors (Lipinski definition) is 2. The van der Waals surface area contributed by atoms with Crippen molar-refractivity contribution >= 4 is 5.78 Å². The summed E-state index contributed by atoms with van der Waals surface area (Å²) in [6.45, 7) is 1.93. The maximum absolute atomic E-state index is 12.2. The average Bonchev–Trinajstić information content (AvgIpc) is 2.87. The minimum atomic E-state index is 0.144. The Balaban J connectivity index is 1.77. The third kappa shape index (κ3) is 2.58. The largest absolute Gasteiger partial charge is 0.294 e. The number of pyridine rings is 1. The quantitative estimate of drug-likeness (QED) is 0.783. The van der Waals surface area contributed by atoms with Gasteiger partial charge in [0.05, 0.1) is 0 Å². The van der Waals surface area contributed by atoms with Crippen molar-refractivity contribution in [3.8, 4) is 0 Å². The van der Waals surface area contributed by atoms with Crippen molar-refractivity contribution in [2.75, 3.05) is 0 Å². The van der Waals surface area contributed by atoms with Crippen LogP contribution in [0.15, 0.2) is 36.5 Å². The molecule has 0 fully saturated rings. The summed E-state index contributed by atoms with van der Waals surface area (Å²) in [6.07, 6.45) is 5.73. The fourth-order valence-electron chi connectivity index (χ4n) is 2.66. The van der Waals surface area contributed by atoms with Gasteiger partial charge in [-0.05, 0) is 55.0 Å². The van der Waals surface area contributed by atoms with Crippen LogP contribution in [0.1, 0.15) is 39.2 Å². The van der Waals surface area contributed by atoms with Gasteiger partial charge in [-0.1, -0.05) is 18.2 Å². The van der Waals surface area contributed by atoms with Crippen LogP contribution in [-0.4, -0.2) is 10.8 Å². The zero-order valence-electron chi connectivity index (χ0n) is 11.1. The Labute approximate surface area is 113 Å². The zero-order chi connectivity index (χ0) is 13.2. The Morgan fingerprint density at radius 3 is 2.79 bits per heavy atom. The monoisotopic (exact) mass is 251 g/mol. The third-order valence-corrected chi connectivity index (χ3v) is 3.76. The van der Waals surface area contributed by atoms with Crippen LogP contribution in [-0.2, 0) is 19.3 Å². The van der Waals surface area contributed by atoms with Gasteiger partial charge in [-0.25, -0.2) is 0 Å². The van der Waals surface area contributed by atoms with E-state index in [9.17, 15) is 4.79 Å². The van der Waals surface area contributed by atoms with Gasteiger partial charge in [0.15, 0.2) is 5.78 Å². The molecule has 1 aromatic heterocycles. The molecule has 0 radical (unpaired) electrons. The number of aromatic nitrogens is 1. The Morgan fingerprint density at radius 1 is 1.16 bits per heavy atom. The van der Waals surface area contributed by atoms with Crippen molar-refractivity contribution in [2.45, 2.75) is 32.6 Å². The number of nitrogens with zero attached hydrogens (tertiary/aromatic N) is 1. The Morgan fingerprint density at radius 2 is 2.00 bits per heavy atom. The number of Topliss-reactive ketones (excluding diaryl/α,β-unsaturated/α-hetero) is 1. The fraction of sp³-hybridized carbons (Fsp3) is 0.294. The highest BCUT2D eigenvalue weighted by Gasteiger charge is 2.13. The fourth-order valence-corrected chi connectivity index (χ4v) is 2.66. The number of aryl methyl sites for hydroxylation is 3. The molecule has 19 heavy (non-hydrogen) atoms. The smallest absolute Gasteiger partial charge is 0.168 e. The standard InChI is InChI=1S/C17H17NO/c1-12-5-7-16(11-18-12)17(19)10-13-6-8-14-3-2-4-15(14)9-13/h5-9,11H,2-4,10H2,1H3. The van der Waals surface area contributed by atoms with Gasteiger partial charge in [0.25, 0.3) is 0 Å². The highest BCUT2D eigenvalue weighted by Crippen LogP contribution is 2.23. The zero-order valence-corrected chi connectivity index (χ0v) is 11.1. The van der Waals surface area contributed by atoms with Crippen LogP contribution in [0.25, 0.3) is 0 Å². The minimum Gasteiger partial charge on any atom is -0.294 e. The summed E-state index contributed by atoms with van der Waals surface area (Å²) in [6, 6.07) is 10.2. The maximum Gasteiger partial charge on any atom is 0.168 e. The van der Waals surface area contributed by atoms with Gasteiger partial charge in [0.2, 0.25) is 0 Å². The first-order valence-electron chi connectivity index (χ1n) is 6.79. The van der Waals surface area contributed by atoms with E-state index >= 15 is 0 Å². The van der Waals surface area contributed by atoms with Crippen molar-refractivity contribution in [3.05, 3.63) is 64.5 Å². The summed E-state index contributed by atoms with van der Waals surface area (Å²) in [4.78, 5) is 16.4. The van der Waals surface area contributed by atoms with E-state index in [1.54, 1.807) is 6.20 Å². The summed E-state index contributed by atoms with van der Waals surface area (Å²) >= 11 is 0. The second-order valence-corrected chi connectivity index (χ2v) is 5.24. The average molecular weight is 251 g/mol. The lowest BCUT2D eigenvalue weighted by atomic mass is 10.0. The molecule has 2 aromatic rings. The Bertz CT molecular complexity index is 614. The number of ketones is 1. The molecule has 0 amide bonds. The molecule has 0 unspecified atom stereocenters.